The van der Waals surface area contributed by atoms with E-state index in [-0.39, 0.29) is 23.9 Å². The quantitative estimate of drug-likeness (QED) is 0.249. The number of benzene rings is 4. The second-order valence-corrected chi connectivity index (χ2v) is 9.95. The van der Waals surface area contributed by atoms with E-state index < -0.39 is 5.97 Å². The van der Waals surface area contributed by atoms with Gasteiger partial charge in [-0.15, -0.1) is 0 Å². The molecule has 5 heteroatoms. The number of fused-ring (bicyclic) bond motifs is 2. The number of ether oxygens (including phenoxy) is 1. The van der Waals surface area contributed by atoms with E-state index in [1.165, 1.54) is 0 Å². The van der Waals surface area contributed by atoms with Gasteiger partial charge in [-0.3, -0.25) is 0 Å². The molecule has 0 bridgehead atoms. The molecule has 0 saturated heterocycles. The molecule has 3 atom stereocenters. The number of aryl methyl sites for hydroxylation is 1. The third-order valence-corrected chi connectivity index (χ3v) is 7.51. The van der Waals surface area contributed by atoms with Crippen molar-refractivity contribution >= 4 is 16.7 Å². The average Bonchev–Trinajstić information content (AvgIpc) is 2.91. The number of hydrogen-bond donors (Lipinski definition) is 2. The Morgan fingerprint density at radius 2 is 1.81 bits per heavy atom. The lowest BCUT2D eigenvalue weighted by Crippen LogP contribution is -2.28. The third-order valence-electron chi connectivity index (χ3n) is 7.51. The van der Waals surface area contributed by atoms with E-state index in [1.54, 1.807) is 6.07 Å². The van der Waals surface area contributed by atoms with Gasteiger partial charge in [0.15, 0.2) is 0 Å². The highest BCUT2D eigenvalue weighted by Gasteiger charge is 2.29. The molecular weight excluding hydrogens is 465 g/mol. The van der Waals surface area contributed by atoms with Crippen molar-refractivity contribution in [3.05, 3.63) is 112 Å². The third kappa shape index (κ3) is 5.23. The first kappa shape index (κ1) is 25.0. The highest BCUT2D eigenvalue weighted by molar-refractivity contribution is 5.89. The minimum absolute atomic E-state index is 0.0400. The molecule has 190 valence electrons. The number of rotatable bonds is 8. The lowest BCUT2D eigenvalue weighted by atomic mass is 9.82. The van der Waals surface area contributed by atoms with Crippen molar-refractivity contribution in [3.63, 3.8) is 0 Å². The van der Waals surface area contributed by atoms with E-state index in [1.807, 2.05) is 73.7 Å². The van der Waals surface area contributed by atoms with Crippen LogP contribution in [-0.2, 0) is 0 Å². The Morgan fingerprint density at radius 3 is 2.62 bits per heavy atom. The average molecular weight is 498 g/mol. The first-order chi connectivity index (χ1) is 17.9. The fourth-order valence-corrected chi connectivity index (χ4v) is 5.49. The van der Waals surface area contributed by atoms with Gasteiger partial charge >= 0.3 is 5.97 Å². The molecular formula is C32H32FNO3. The summed E-state index contributed by atoms with van der Waals surface area (Å²) in [5, 5.41) is 14.8. The lowest BCUT2D eigenvalue weighted by molar-refractivity contribution is 0.0696. The summed E-state index contributed by atoms with van der Waals surface area (Å²) in [4.78, 5) is 11.7. The number of carbonyl (C=O) groups is 1. The number of nitrogens with one attached hydrogen (secondary N) is 1. The summed E-state index contributed by atoms with van der Waals surface area (Å²) < 4.78 is 20.6. The Hall–Kier alpha value is -3.70. The van der Waals surface area contributed by atoms with Crippen LogP contribution in [0.5, 0.6) is 5.75 Å². The summed E-state index contributed by atoms with van der Waals surface area (Å²) in [5.41, 5.74) is 4.33. The van der Waals surface area contributed by atoms with E-state index in [9.17, 15) is 14.3 Å². The van der Waals surface area contributed by atoms with Gasteiger partial charge in [-0.1, -0.05) is 60.7 Å². The fourth-order valence-electron chi connectivity index (χ4n) is 5.49. The second kappa shape index (κ2) is 10.7. The molecule has 4 aromatic rings. The Balaban J connectivity index is 1.26. The molecule has 0 fully saturated rings. The standard InChI is InChI=1S/C32H32FNO3/c1-20-13-14-22(18-28(20)32(35)36)29-19-23(37-31-12-6-5-11-27(29)31)8-7-17-34-21(2)24-15-16-30(33)26-10-4-3-9-25(24)26/h3-6,9-16,18,21,23,29,34H,7-8,17,19H2,1-2H3,(H,35,36)/t21-,23?,29?/m1/s1. The summed E-state index contributed by atoms with van der Waals surface area (Å²) >= 11 is 0. The molecule has 0 aliphatic carbocycles. The van der Waals surface area contributed by atoms with Crippen LogP contribution in [-0.4, -0.2) is 23.7 Å². The van der Waals surface area contributed by atoms with Crippen LogP contribution in [0.4, 0.5) is 4.39 Å². The van der Waals surface area contributed by atoms with Gasteiger partial charge in [0.2, 0.25) is 0 Å². The fraction of sp³-hybridized carbons (Fsp3) is 0.281. The van der Waals surface area contributed by atoms with Crippen LogP contribution in [0, 0.1) is 12.7 Å². The summed E-state index contributed by atoms with van der Waals surface area (Å²) in [6.45, 7) is 4.75. The molecule has 0 saturated carbocycles. The molecule has 37 heavy (non-hydrogen) atoms. The van der Waals surface area contributed by atoms with Gasteiger partial charge in [0.1, 0.15) is 11.6 Å². The Kier molecular flexibility index (Phi) is 7.24. The number of hydrogen-bond acceptors (Lipinski definition) is 3. The maximum absolute atomic E-state index is 14.2. The molecule has 1 heterocycles. The number of halogens is 1. The lowest BCUT2D eigenvalue weighted by Gasteiger charge is -2.33. The molecule has 0 aromatic heterocycles. The molecule has 2 N–H and O–H groups in total. The minimum atomic E-state index is -0.898. The molecule has 0 radical (unpaired) electrons. The van der Waals surface area contributed by atoms with Crippen molar-refractivity contribution in [2.75, 3.05) is 6.54 Å². The molecule has 4 aromatic carbocycles. The zero-order valence-corrected chi connectivity index (χ0v) is 21.2. The van der Waals surface area contributed by atoms with Gasteiger partial charge < -0.3 is 15.2 Å². The number of aromatic carboxylic acids is 1. The van der Waals surface area contributed by atoms with E-state index in [0.717, 1.165) is 59.2 Å². The van der Waals surface area contributed by atoms with E-state index >= 15 is 0 Å². The van der Waals surface area contributed by atoms with E-state index in [4.69, 9.17) is 4.74 Å². The maximum atomic E-state index is 14.2. The molecule has 5 rings (SSSR count). The van der Waals surface area contributed by atoms with Crippen molar-refractivity contribution in [3.8, 4) is 5.75 Å². The Labute approximate surface area is 217 Å². The van der Waals surface area contributed by atoms with Gasteiger partial charge in [-0.2, -0.15) is 0 Å². The van der Waals surface area contributed by atoms with Crippen molar-refractivity contribution in [2.24, 2.45) is 0 Å². The topological polar surface area (TPSA) is 58.6 Å². The van der Waals surface area contributed by atoms with Crippen LogP contribution in [0.2, 0.25) is 0 Å². The second-order valence-electron chi connectivity index (χ2n) is 9.95. The van der Waals surface area contributed by atoms with Gasteiger partial charge in [0.05, 0.1) is 11.7 Å². The monoisotopic (exact) mass is 497 g/mol. The normalized spacial score (nSPS) is 17.7. The summed E-state index contributed by atoms with van der Waals surface area (Å²) in [5.74, 6) is -0.128. The smallest absolute Gasteiger partial charge is 0.335 e. The predicted molar refractivity (Wildman–Crippen MR) is 145 cm³/mol. The van der Waals surface area contributed by atoms with Crippen LogP contribution in [0.25, 0.3) is 10.8 Å². The highest BCUT2D eigenvalue weighted by atomic mass is 19.1. The molecule has 0 spiro atoms. The zero-order valence-electron chi connectivity index (χ0n) is 21.2. The van der Waals surface area contributed by atoms with Gasteiger partial charge in [0, 0.05) is 22.9 Å². The number of carboxylic acid groups (broad SMARTS) is 1. The van der Waals surface area contributed by atoms with Gasteiger partial charge in [0.25, 0.3) is 0 Å². The minimum Gasteiger partial charge on any atom is -0.490 e. The number of para-hydroxylation sites is 1. The van der Waals surface area contributed by atoms with Crippen molar-refractivity contribution < 1.29 is 19.0 Å². The Bertz CT molecular complexity index is 1430. The van der Waals surface area contributed by atoms with Crippen LogP contribution in [0.1, 0.15) is 70.8 Å². The molecule has 2 unspecified atom stereocenters. The van der Waals surface area contributed by atoms with Gasteiger partial charge in [-0.05, 0) is 79.9 Å². The molecule has 4 nitrogen and oxygen atoms in total. The summed E-state index contributed by atoms with van der Waals surface area (Å²) in [6, 6.07) is 24.9. The highest BCUT2D eigenvalue weighted by Crippen LogP contribution is 2.41. The van der Waals surface area contributed by atoms with Crippen LogP contribution in [0.3, 0.4) is 0 Å². The first-order valence-electron chi connectivity index (χ1n) is 12.9. The van der Waals surface area contributed by atoms with Gasteiger partial charge in [-0.25, -0.2) is 9.18 Å². The summed E-state index contributed by atoms with van der Waals surface area (Å²) in [6.07, 6.45) is 2.65. The number of carboxylic acids is 1. The predicted octanol–water partition coefficient (Wildman–Crippen LogP) is 7.40. The SMILES string of the molecule is Cc1ccc(C2CC(CCCN[C@H](C)c3ccc(F)c4ccccc34)Oc3ccccc32)cc1C(=O)O. The van der Waals surface area contributed by atoms with Crippen LogP contribution in [0.15, 0.2) is 78.9 Å². The molecule has 1 aliphatic rings. The van der Waals surface area contributed by atoms with Crippen molar-refractivity contribution in [1.82, 2.24) is 5.32 Å². The first-order valence-corrected chi connectivity index (χ1v) is 12.9. The Morgan fingerprint density at radius 1 is 1.05 bits per heavy atom. The van der Waals surface area contributed by atoms with E-state index in [0.29, 0.717) is 10.9 Å². The molecule has 0 amide bonds. The van der Waals surface area contributed by atoms with Crippen molar-refractivity contribution in [1.29, 1.82) is 0 Å². The summed E-state index contributed by atoms with van der Waals surface area (Å²) in [7, 11) is 0. The van der Waals surface area contributed by atoms with Crippen LogP contribution < -0.4 is 10.1 Å². The van der Waals surface area contributed by atoms with E-state index in [2.05, 4.69) is 18.3 Å². The molecule has 1 aliphatic heterocycles. The maximum Gasteiger partial charge on any atom is 0.335 e. The zero-order chi connectivity index (χ0) is 25.9. The largest absolute Gasteiger partial charge is 0.490 e. The van der Waals surface area contributed by atoms with Crippen molar-refractivity contribution in [2.45, 2.75) is 51.2 Å². The van der Waals surface area contributed by atoms with Crippen LogP contribution >= 0.6 is 0 Å².